The molecule has 0 aromatic rings. The minimum absolute atomic E-state index is 0.471. The van der Waals surface area contributed by atoms with Crippen molar-refractivity contribution in [1.29, 1.82) is 0 Å². The maximum atomic E-state index is 5.43. The van der Waals surface area contributed by atoms with E-state index < -0.39 is 0 Å². The van der Waals surface area contributed by atoms with Crippen molar-refractivity contribution >= 4 is 0 Å². The fraction of sp³-hybridized carbons (Fsp3) is 1.00. The van der Waals surface area contributed by atoms with Crippen LogP contribution in [0.1, 0.15) is 27.7 Å². The zero-order valence-corrected chi connectivity index (χ0v) is 12.2. The van der Waals surface area contributed by atoms with Crippen LogP contribution in [0.25, 0.3) is 0 Å². The second-order valence-electron chi connectivity index (χ2n) is 4.25. The maximum absolute atomic E-state index is 5.43. The molecule has 0 aromatic heterocycles. The summed E-state index contributed by atoms with van der Waals surface area (Å²) in [5.74, 6) is 0. The van der Waals surface area contributed by atoms with Crippen molar-refractivity contribution in [2.45, 2.75) is 39.8 Å². The van der Waals surface area contributed by atoms with Crippen molar-refractivity contribution in [1.82, 2.24) is 10.2 Å². The average Bonchev–Trinajstić information content (AvgIpc) is 2.35. The fourth-order valence-electron chi connectivity index (χ4n) is 1.73. The first-order chi connectivity index (χ1) is 8.17. The number of hydrogen-bond acceptors (Lipinski definition) is 4. The van der Waals surface area contributed by atoms with Gasteiger partial charge in [0.25, 0.3) is 0 Å². The zero-order valence-electron chi connectivity index (χ0n) is 12.2. The van der Waals surface area contributed by atoms with Gasteiger partial charge in [0.2, 0.25) is 0 Å². The summed E-state index contributed by atoms with van der Waals surface area (Å²) in [4.78, 5) is 2.42. The van der Waals surface area contributed by atoms with Crippen molar-refractivity contribution in [3.05, 3.63) is 0 Å². The predicted octanol–water partition coefficient (Wildman–Crippen LogP) is 1.36. The third kappa shape index (κ3) is 7.71. The van der Waals surface area contributed by atoms with Gasteiger partial charge in [0.15, 0.2) is 0 Å². The van der Waals surface area contributed by atoms with Crippen molar-refractivity contribution in [2.75, 3.05) is 46.6 Å². The Morgan fingerprint density at radius 3 is 1.82 bits per heavy atom. The molecule has 0 bridgehead atoms. The van der Waals surface area contributed by atoms with Gasteiger partial charge in [-0.2, -0.15) is 0 Å². The molecule has 0 saturated heterocycles. The molecule has 0 heterocycles. The van der Waals surface area contributed by atoms with Crippen LogP contribution in [0.4, 0.5) is 0 Å². The lowest BCUT2D eigenvalue weighted by Gasteiger charge is -2.32. The molecule has 0 fully saturated rings. The molecule has 2 atom stereocenters. The van der Waals surface area contributed by atoms with Crippen LogP contribution < -0.4 is 5.32 Å². The van der Waals surface area contributed by atoms with E-state index in [2.05, 4.69) is 24.1 Å². The SMILES string of the molecule is CCOCCN(CCOCC)C(C)C(C)NC. The highest BCUT2D eigenvalue weighted by Crippen LogP contribution is 2.04. The Morgan fingerprint density at radius 2 is 1.47 bits per heavy atom. The molecule has 0 radical (unpaired) electrons. The van der Waals surface area contributed by atoms with Crippen LogP contribution in [-0.4, -0.2) is 63.5 Å². The lowest BCUT2D eigenvalue weighted by Crippen LogP contribution is -2.48. The maximum Gasteiger partial charge on any atom is 0.0593 e. The molecule has 2 unspecified atom stereocenters. The van der Waals surface area contributed by atoms with Gasteiger partial charge in [-0.3, -0.25) is 4.90 Å². The first-order valence-electron chi connectivity index (χ1n) is 6.74. The lowest BCUT2D eigenvalue weighted by molar-refractivity contribution is 0.0594. The summed E-state index contributed by atoms with van der Waals surface area (Å²) in [6.45, 7) is 13.6. The van der Waals surface area contributed by atoms with Crippen LogP contribution in [0, 0.1) is 0 Å². The summed E-state index contributed by atoms with van der Waals surface area (Å²) in [6.07, 6.45) is 0. The Balaban J connectivity index is 4.07. The second-order valence-corrected chi connectivity index (χ2v) is 4.25. The van der Waals surface area contributed by atoms with E-state index in [1.807, 2.05) is 20.9 Å². The quantitative estimate of drug-likeness (QED) is 0.558. The van der Waals surface area contributed by atoms with Gasteiger partial charge in [-0.25, -0.2) is 0 Å². The zero-order chi connectivity index (χ0) is 13.1. The minimum atomic E-state index is 0.471. The summed E-state index contributed by atoms with van der Waals surface area (Å²) in [5.41, 5.74) is 0. The Kier molecular flexibility index (Phi) is 10.9. The van der Waals surface area contributed by atoms with Gasteiger partial charge >= 0.3 is 0 Å². The van der Waals surface area contributed by atoms with Crippen molar-refractivity contribution < 1.29 is 9.47 Å². The number of rotatable bonds is 11. The van der Waals surface area contributed by atoms with Crippen LogP contribution >= 0.6 is 0 Å². The van der Waals surface area contributed by atoms with Gasteiger partial charge in [-0.05, 0) is 34.7 Å². The third-order valence-corrected chi connectivity index (χ3v) is 3.21. The Hall–Kier alpha value is -0.160. The van der Waals surface area contributed by atoms with Gasteiger partial charge in [0.05, 0.1) is 13.2 Å². The van der Waals surface area contributed by atoms with Crippen molar-refractivity contribution in [3.63, 3.8) is 0 Å². The van der Waals surface area contributed by atoms with E-state index >= 15 is 0 Å². The molecule has 0 spiro atoms. The van der Waals surface area contributed by atoms with Crippen molar-refractivity contribution in [2.24, 2.45) is 0 Å². The molecule has 0 aliphatic heterocycles. The van der Waals surface area contributed by atoms with Crippen LogP contribution in [0.3, 0.4) is 0 Å². The number of ether oxygens (including phenoxy) is 2. The number of hydrogen-bond donors (Lipinski definition) is 1. The number of nitrogens with one attached hydrogen (secondary N) is 1. The van der Waals surface area contributed by atoms with Crippen LogP contribution in [0.2, 0.25) is 0 Å². The normalized spacial score (nSPS) is 15.2. The molecule has 0 aromatic carbocycles. The molecule has 1 N–H and O–H groups in total. The van der Waals surface area contributed by atoms with Crippen LogP contribution in [-0.2, 0) is 9.47 Å². The van der Waals surface area contributed by atoms with E-state index in [-0.39, 0.29) is 0 Å². The molecule has 4 heteroatoms. The number of nitrogens with zero attached hydrogens (tertiary/aromatic N) is 1. The Bertz CT molecular complexity index is 157. The molecule has 0 amide bonds. The monoisotopic (exact) mass is 246 g/mol. The molecule has 104 valence electrons. The van der Waals surface area contributed by atoms with E-state index in [1.54, 1.807) is 0 Å². The molecular formula is C13H30N2O2. The molecule has 0 saturated carbocycles. The standard InChI is InChI=1S/C13H30N2O2/c1-6-16-10-8-15(9-11-17-7-2)13(4)12(3)14-5/h12-14H,6-11H2,1-5H3. The smallest absolute Gasteiger partial charge is 0.0593 e. The van der Waals surface area contributed by atoms with Gasteiger partial charge in [0.1, 0.15) is 0 Å². The summed E-state index contributed by atoms with van der Waals surface area (Å²) >= 11 is 0. The first kappa shape index (κ1) is 16.8. The van der Waals surface area contributed by atoms with Gasteiger partial charge < -0.3 is 14.8 Å². The topological polar surface area (TPSA) is 33.7 Å². The van der Waals surface area contributed by atoms with Crippen LogP contribution in [0.5, 0.6) is 0 Å². The summed E-state index contributed by atoms with van der Waals surface area (Å²) in [6, 6.07) is 0.958. The summed E-state index contributed by atoms with van der Waals surface area (Å²) < 4.78 is 10.9. The number of likely N-dealkylation sites (N-methyl/N-ethyl adjacent to an activating group) is 1. The first-order valence-corrected chi connectivity index (χ1v) is 6.74. The molecule has 0 rings (SSSR count). The van der Waals surface area contributed by atoms with E-state index in [0.29, 0.717) is 12.1 Å². The van der Waals surface area contributed by atoms with Gasteiger partial charge in [-0.15, -0.1) is 0 Å². The Labute approximate surface area is 107 Å². The highest BCUT2D eigenvalue weighted by molar-refractivity contribution is 4.76. The molecule has 17 heavy (non-hydrogen) atoms. The van der Waals surface area contributed by atoms with E-state index in [0.717, 1.165) is 39.5 Å². The third-order valence-electron chi connectivity index (χ3n) is 3.21. The Morgan fingerprint density at radius 1 is 1.00 bits per heavy atom. The van der Waals surface area contributed by atoms with Gasteiger partial charge in [-0.1, -0.05) is 0 Å². The average molecular weight is 246 g/mol. The van der Waals surface area contributed by atoms with Gasteiger partial charge in [0, 0.05) is 38.4 Å². The minimum Gasteiger partial charge on any atom is -0.380 e. The highest BCUT2D eigenvalue weighted by Gasteiger charge is 2.18. The highest BCUT2D eigenvalue weighted by atomic mass is 16.5. The van der Waals surface area contributed by atoms with E-state index in [1.165, 1.54) is 0 Å². The second kappa shape index (κ2) is 11.0. The molecule has 0 aliphatic rings. The predicted molar refractivity (Wildman–Crippen MR) is 72.5 cm³/mol. The lowest BCUT2D eigenvalue weighted by atomic mass is 10.1. The fourth-order valence-corrected chi connectivity index (χ4v) is 1.73. The summed E-state index contributed by atoms with van der Waals surface area (Å²) in [5, 5.41) is 3.30. The molecule has 0 aliphatic carbocycles. The van der Waals surface area contributed by atoms with E-state index in [4.69, 9.17) is 9.47 Å². The summed E-state index contributed by atoms with van der Waals surface area (Å²) in [7, 11) is 2.00. The largest absolute Gasteiger partial charge is 0.380 e. The molecular weight excluding hydrogens is 216 g/mol. The van der Waals surface area contributed by atoms with E-state index in [9.17, 15) is 0 Å². The van der Waals surface area contributed by atoms with Crippen LogP contribution in [0.15, 0.2) is 0 Å². The van der Waals surface area contributed by atoms with Crippen molar-refractivity contribution in [3.8, 4) is 0 Å². The molecule has 4 nitrogen and oxygen atoms in total.